The van der Waals surface area contributed by atoms with Crippen LogP contribution in [0.1, 0.15) is 28.4 Å². The van der Waals surface area contributed by atoms with Crippen molar-refractivity contribution in [1.82, 2.24) is 4.90 Å². The zero-order chi connectivity index (χ0) is 26.1. The van der Waals surface area contributed by atoms with Crippen LogP contribution in [0.4, 0.5) is 11.4 Å². The minimum Gasteiger partial charge on any atom is -0.497 e. The summed E-state index contributed by atoms with van der Waals surface area (Å²) >= 11 is 1.43. The summed E-state index contributed by atoms with van der Waals surface area (Å²) in [7, 11) is 3.39. The standard InChI is InChI=1S/C30H31N3O3S/c1-20-8-11-24(12-9-20)33-15-14-32(19-21(33)2)29(34)23-10-13-27-26(18-23)31(3)30(35)28(37-27)17-22-6-5-7-25(16-22)36-4/h5-13,16-18,21H,14-15,19H2,1-4H3. The number of thioether (sulfide) groups is 1. The first kappa shape index (κ1) is 25.0. The van der Waals surface area contributed by atoms with Crippen molar-refractivity contribution in [3.8, 4) is 5.75 Å². The van der Waals surface area contributed by atoms with Crippen LogP contribution in [0.15, 0.2) is 76.5 Å². The fraction of sp³-hybridized carbons (Fsp3) is 0.267. The number of rotatable bonds is 4. The van der Waals surface area contributed by atoms with Crippen LogP contribution in [-0.2, 0) is 4.79 Å². The second-order valence-corrected chi connectivity index (χ2v) is 10.6. The number of carbonyl (C=O) groups is 2. The van der Waals surface area contributed by atoms with E-state index in [1.807, 2.05) is 53.4 Å². The van der Waals surface area contributed by atoms with Gasteiger partial charge in [-0.2, -0.15) is 0 Å². The van der Waals surface area contributed by atoms with Crippen molar-refractivity contribution in [3.63, 3.8) is 0 Å². The Bertz CT molecular complexity index is 1370. The lowest BCUT2D eigenvalue weighted by molar-refractivity contribution is -0.114. The molecule has 0 N–H and O–H groups in total. The molecule has 1 atom stereocenters. The maximum absolute atomic E-state index is 13.4. The average molecular weight is 514 g/mol. The number of hydrogen-bond acceptors (Lipinski definition) is 5. The van der Waals surface area contributed by atoms with E-state index in [0.29, 0.717) is 23.6 Å². The highest BCUT2D eigenvalue weighted by atomic mass is 32.2. The Morgan fingerprint density at radius 3 is 2.57 bits per heavy atom. The fourth-order valence-electron chi connectivity index (χ4n) is 4.85. The van der Waals surface area contributed by atoms with Crippen molar-refractivity contribution < 1.29 is 14.3 Å². The summed E-state index contributed by atoms with van der Waals surface area (Å²) in [5, 5.41) is 0. The Morgan fingerprint density at radius 2 is 1.84 bits per heavy atom. The van der Waals surface area contributed by atoms with Gasteiger partial charge in [0.05, 0.1) is 17.7 Å². The molecule has 0 saturated carbocycles. The Labute approximate surface area is 222 Å². The van der Waals surface area contributed by atoms with Crippen LogP contribution in [-0.4, -0.2) is 56.5 Å². The van der Waals surface area contributed by atoms with Crippen molar-refractivity contribution in [2.75, 3.05) is 43.6 Å². The Kier molecular flexibility index (Phi) is 6.98. The molecule has 0 radical (unpaired) electrons. The molecule has 2 heterocycles. The Balaban J connectivity index is 1.32. The third kappa shape index (κ3) is 5.09. The van der Waals surface area contributed by atoms with Crippen LogP contribution in [0.25, 0.3) is 6.08 Å². The molecular weight excluding hydrogens is 482 g/mol. The van der Waals surface area contributed by atoms with E-state index in [-0.39, 0.29) is 17.9 Å². The van der Waals surface area contributed by atoms with Gasteiger partial charge in [-0.05, 0) is 68.0 Å². The van der Waals surface area contributed by atoms with Gasteiger partial charge in [0, 0.05) is 48.9 Å². The lowest BCUT2D eigenvalue weighted by Gasteiger charge is -2.41. The summed E-state index contributed by atoms with van der Waals surface area (Å²) in [4.78, 5) is 34.1. The van der Waals surface area contributed by atoms with Crippen LogP contribution < -0.4 is 14.5 Å². The lowest BCUT2D eigenvalue weighted by Crippen LogP contribution is -2.53. The summed E-state index contributed by atoms with van der Waals surface area (Å²) in [5.41, 5.74) is 4.69. The van der Waals surface area contributed by atoms with Crippen LogP contribution in [0, 0.1) is 6.92 Å². The zero-order valence-electron chi connectivity index (χ0n) is 21.6. The van der Waals surface area contributed by atoms with Crippen LogP contribution >= 0.6 is 11.8 Å². The van der Waals surface area contributed by atoms with Crippen LogP contribution in [0.5, 0.6) is 5.75 Å². The normalized spacial score (nSPS) is 18.7. The van der Waals surface area contributed by atoms with Gasteiger partial charge in [0.25, 0.3) is 11.8 Å². The van der Waals surface area contributed by atoms with E-state index in [0.717, 1.165) is 28.4 Å². The molecule has 1 unspecified atom stereocenters. The molecule has 2 aliphatic rings. The van der Waals surface area contributed by atoms with E-state index in [1.54, 1.807) is 19.1 Å². The molecule has 2 amide bonds. The highest BCUT2D eigenvalue weighted by Crippen LogP contribution is 2.42. The lowest BCUT2D eigenvalue weighted by atomic mass is 10.1. The first-order chi connectivity index (χ1) is 17.8. The largest absolute Gasteiger partial charge is 0.497 e. The van der Waals surface area contributed by atoms with E-state index < -0.39 is 0 Å². The van der Waals surface area contributed by atoms with Gasteiger partial charge in [-0.25, -0.2) is 0 Å². The molecular formula is C30H31N3O3S. The van der Waals surface area contributed by atoms with Gasteiger partial charge >= 0.3 is 0 Å². The molecule has 3 aromatic rings. The first-order valence-corrected chi connectivity index (χ1v) is 13.2. The number of aryl methyl sites for hydroxylation is 1. The van der Waals surface area contributed by atoms with E-state index in [2.05, 4.69) is 43.0 Å². The van der Waals surface area contributed by atoms with E-state index in [1.165, 1.54) is 23.0 Å². The van der Waals surface area contributed by atoms with E-state index in [4.69, 9.17) is 4.74 Å². The van der Waals surface area contributed by atoms with Crippen LogP contribution in [0.3, 0.4) is 0 Å². The smallest absolute Gasteiger partial charge is 0.264 e. The van der Waals surface area contributed by atoms with Crippen molar-refractivity contribution in [1.29, 1.82) is 0 Å². The maximum atomic E-state index is 13.4. The molecule has 1 saturated heterocycles. The molecule has 37 heavy (non-hydrogen) atoms. The molecule has 2 aliphatic heterocycles. The van der Waals surface area contributed by atoms with Crippen molar-refractivity contribution >= 4 is 41.0 Å². The number of anilines is 2. The molecule has 0 spiro atoms. The molecule has 0 bridgehead atoms. The zero-order valence-corrected chi connectivity index (χ0v) is 22.4. The number of hydrogen-bond donors (Lipinski definition) is 0. The summed E-state index contributed by atoms with van der Waals surface area (Å²) < 4.78 is 5.30. The molecule has 0 aromatic heterocycles. The highest BCUT2D eigenvalue weighted by molar-refractivity contribution is 8.04. The Hall–Kier alpha value is -3.71. The number of fused-ring (bicyclic) bond motifs is 1. The molecule has 0 aliphatic carbocycles. The maximum Gasteiger partial charge on any atom is 0.264 e. The summed E-state index contributed by atoms with van der Waals surface area (Å²) in [5.74, 6) is 0.653. The number of carbonyl (C=O) groups excluding carboxylic acids is 2. The molecule has 7 heteroatoms. The SMILES string of the molecule is COc1cccc(C=C2Sc3ccc(C(=O)N4CCN(c5ccc(C)cc5)C(C)C4)cc3N(C)C2=O)c1. The average Bonchev–Trinajstić information content (AvgIpc) is 2.91. The number of methoxy groups -OCH3 is 1. The molecule has 5 rings (SSSR count). The van der Waals surface area contributed by atoms with E-state index in [9.17, 15) is 9.59 Å². The minimum absolute atomic E-state index is 0.00164. The van der Waals surface area contributed by atoms with E-state index >= 15 is 0 Å². The first-order valence-electron chi connectivity index (χ1n) is 12.4. The third-order valence-electron chi connectivity index (χ3n) is 6.97. The summed E-state index contributed by atoms with van der Waals surface area (Å²) in [6.45, 7) is 6.34. The van der Waals surface area contributed by atoms with Crippen molar-refractivity contribution in [2.24, 2.45) is 0 Å². The summed E-state index contributed by atoms with van der Waals surface area (Å²) in [6, 6.07) is 22.0. The van der Waals surface area contributed by atoms with Gasteiger partial charge in [-0.3, -0.25) is 9.59 Å². The predicted molar refractivity (Wildman–Crippen MR) is 151 cm³/mol. The van der Waals surface area contributed by atoms with Crippen molar-refractivity contribution in [3.05, 3.63) is 88.3 Å². The quantitative estimate of drug-likeness (QED) is 0.434. The topological polar surface area (TPSA) is 53.1 Å². The van der Waals surface area contributed by atoms with Crippen LogP contribution in [0.2, 0.25) is 0 Å². The second-order valence-electron chi connectivity index (χ2n) is 9.56. The van der Waals surface area contributed by atoms with Gasteiger partial charge in [-0.1, -0.05) is 41.6 Å². The van der Waals surface area contributed by atoms with Gasteiger partial charge in [0.15, 0.2) is 0 Å². The molecule has 3 aromatic carbocycles. The monoisotopic (exact) mass is 513 g/mol. The highest BCUT2D eigenvalue weighted by Gasteiger charge is 2.30. The predicted octanol–water partition coefficient (Wildman–Crippen LogP) is 5.46. The third-order valence-corrected chi connectivity index (χ3v) is 8.05. The van der Waals surface area contributed by atoms with Gasteiger partial charge in [0.1, 0.15) is 5.75 Å². The molecule has 6 nitrogen and oxygen atoms in total. The van der Waals surface area contributed by atoms with Gasteiger partial charge in [-0.15, -0.1) is 0 Å². The summed E-state index contributed by atoms with van der Waals surface area (Å²) in [6.07, 6.45) is 1.88. The second kappa shape index (κ2) is 10.3. The molecule has 190 valence electrons. The minimum atomic E-state index is -0.0924. The number of amides is 2. The number of nitrogens with zero attached hydrogens (tertiary/aromatic N) is 3. The molecule has 1 fully saturated rings. The van der Waals surface area contributed by atoms with Crippen molar-refractivity contribution in [2.45, 2.75) is 24.8 Å². The number of benzene rings is 3. The number of ether oxygens (including phenoxy) is 1. The number of piperazine rings is 1. The van der Waals surface area contributed by atoms with Gasteiger partial charge in [0.2, 0.25) is 0 Å². The van der Waals surface area contributed by atoms with Gasteiger partial charge < -0.3 is 19.4 Å². The Morgan fingerprint density at radius 1 is 1.05 bits per heavy atom. The fourth-order valence-corrected chi connectivity index (χ4v) is 5.95. The number of likely N-dealkylation sites (N-methyl/N-ethyl adjacent to an activating group) is 1.